The fraction of sp³-hybridized carbons (Fsp3) is 0.429. The summed E-state index contributed by atoms with van der Waals surface area (Å²) >= 11 is 7.18. The monoisotopic (exact) mass is 239 g/mol. The second-order valence-electron chi connectivity index (χ2n) is 2.83. The summed E-state index contributed by atoms with van der Waals surface area (Å²) in [6.07, 6.45) is 1.16. The van der Waals surface area contributed by atoms with Gasteiger partial charge in [0, 0.05) is 11.1 Å². The zero-order chi connectivity index (χ0) is 10.1. The van der Waals surface area contributed by atoms with Crippen molar-refractivity contribution in [3.05, 3.63) is 21.3 Å². The minimum atomic E-state index is -3.04. The molecule has 0 saturated carbocycles. The predicted octanol–water partition coefficient (Wildman–Crippen LogP) is 1.45. The number of rotatable bonds is 3. The van der Waals surface area contributed by atoms with Crippen LogP contribution in [-0.4, -0.2) is 20.4 Å². The van der Waals surface area contributed by atoms with E-state index in [-0.39, 0.29) is 5.75 Å². The Labute approximate surface area is 86.4 Å². The Balaban J connectivity index is 2.81. The molecular weight excluding hydrogens is 230 g/mol. The molecule has 0 fully saturated rings. The lowest BCUT2D eigenvalue weighted by atomic mass is 10.3. The number of thiophene rings is 1. The Bertz CT molecular complexity index is 385. The highest BCUT2D eigenvalue weighted by molar-refractivity contribution is 7.90. The summed E-state index contributed by atoms with van der Waals surface area (Å²) in [7, 11) is -3.04. The van der Waals surface area contributed by atoms with Gasteiger partial charge in [0.25, 0.3) is 0 Å². The van der Waals surface area contributed by atoms with Crippen LogP contribution >= 0.6 is 22.9 Å². The van der Waals surface area contributed by atoms with Gasteiger partial charge in [-0.05, 0) is 11.4 Å². The first-order valence-electron chi connectivity index (χ1n) is 3.56. The van der Waals surface area contributed by atoms with Gasteiger partial charge in [-0.3, -0.25) is 0 Å². The molecule has 6 heteroatoms. The molecule has 0 aromatic carbocycles. The van der Waals surface area contributed by atoms with E-state index in [1.165, 1.54) is 11.3 Å². The molecule has 0 radical (unpaired) electrons. The number of sulfone groups is 1. The van der Waals surface area contributed by atoms with E-state index >= 15 is 0 Å². The molecule has 13 heavy (non-hydrogen) atoms. The predicted molar refractivity (Wildman–Crippen MR) is 56.0 cm³/mol. The van der Waals surface area contributed by atoms with Crippen LogP contribution in [0.15, 0.2) is 11.4 Å². The summed E-state index contributed by atoms with van der Waals surface area (Å²) in [6, 6.07) is 1.20. The second-order valence-corrected chi connectivity index (χ2v) is 6.37. The number of halogens is 1. The van der Waals surface area contributed by atoms with Gasteiger partial charge in [0.1, 0.15) is 9.84 Å². The fourth-order valence-corrected chi connectivity index (χ4v) is 3.10. The normalized spacial score (nSPS) is 14.4. The standard InChI is InChI=1S/C7H10ClNO2S2/c1-13(10,11)4-6(9)7-5(8)2-3-12-7/h2-3,6H,4,9H2,1H3. The number of nitrogens with two attached hydrogens (primary N) is 1. The summed E-state index contributed by atoms with van der Waals surface area (Å²) in [5.41, 5.74) is 5.67. The summed E-state index contributed by atoms with van der Waals surface area (Å²) in [5, 5.41) is 2.33. The van der Waals surface area contributed by atoms with Crippen LogP contribution < -0.4 is 5.73 Å². The zero-order valence-electron chi connectivity index (χ0n) is 7.03. The van der Waals surface area contributed by atoms with Crippen molar-refractivity contribution in [3.8, 4) is 0 Å². The fourth-order valence-electron chi connectivity index (χ4n) is 0.972. The van der Waals surface area contributed by atoms with Gasteiger partial charge in [0.05, 0.1) is 16.8 Å². The maximum absolute atomic E-state index is 10.9. The van der Waals surface area contributed by atoms with E-state index in [0.29, 0.717) is 5.02 Å². The minimum absolute atomic E-state index is 0.0623. The van der Waals surface area contributed by atoms with Crippen LogP contribution in [0.4, 0.5) is 0 Å². The van der Waals surface area contributed by atoms with Crippen LogP contribution in [0.25, 0.3) is 0 Å². The molecule has 0 aliphatic rings. The van der Waals surface area contributed by atoms with Crippen LogP contribution in [0.1, 0.15) is 10.9 Å². The molecule has 0 bridgehead atoms. The van der Waals surface area contributed by atoms with Crippen molar-refractivity contribution >= 4 is 32.8 Å². The Hall–Kier alpha value is -0.100. The highest BCUT2D eigenvalue weighted by Crippen LogP contribution is 2.27. The summed E-state index contributed by atoms with van der Waals surface area (Å²) in [4.78, 5) is 0.729. The van der Waals surface area contributed by atoms with E-state index < -0.39 is 15.9 Å². The van der Waals surface area contributed by atoms with Crippen molar-refractivity contribution < 1.29 is 8.42 Å². The van der Waals surface area contributed by atoms with Crippen molar-refractivity contribution in [2.45, 2.75) is 6.04 Å². The molecule has 1 atom stereocenters. The molecule has 1 unspecified atom stereocenters. The van der Waals surface area contributed by atoms with Gasteiger partial charge in [-0.2, -0.15) is 0 Å². The van der Waals surface area contributed by atoms with Crippen molar-refractivity contribution in [3.63, 3.8) is 0 Å². The first-order valence-corrected chi connectivity index (χ1v) is 6.88. The molecular formula is C7H10ClNO2S2. The van der Waals surface area contributed by atoms with Crippen LogP contribution in [0.5, 0.6) is 0 Å². The van der Waals surface area contributed by atoms with Crippen LogP contribution in [0.3, 0.4) is 0 Å². The van der Waals surface area contributed by atoms with E-state index in [2.05, 4.69) is 0 Å². The van der Waals surface area contributed by atoms with Crippen LogP contribution in [0.2, 0.25) is 5.02 Å². The third-order valence-corrected chi connectivity index (χ3v) is 3.92. The third-order valence-electron chi connectivity index (χ3n) is 1.46. The molecule has 0 saturated heterocycles. The third kappa shape index (κ3) is 3.27. The molecule has 0 amide bonds. The molecule has 1 rings (SSSR count). The molecule has 0 spiro atoms. The van der Waals surface area contributed by atoms with Crippen LogP contribution in [0, 0.1) is 0 Å². The van der Waals surface area contributed by atoms with E-state index in [9.17, 15) is 8.42 Å². The molecule has 1 heterocycles. The first kappa shape index (κ1) is 11.0. The smallest absolute Gasteiger partial charge is 0.149 e. The molecule has 3 nitrogen and oxygen atoms in total. The SMILES string of the molecule is CS(=O)(=O)CC(N)c1sccc1Cl. The largest absolute Gasteiger partial charge is 0.322 e. The lowest BCUT2D eigenvalue weighted by Crippen LogP contribution is -2.20. The van der Waals surface area contributed by atoms with Crippen molar-refractivity contribution in [2.24, 2.45) is 5.73 Å². The summed E-state index contributed by atoms with van der Waals surface area (Å²) in [6.45, 7) is 0. The molecule has 0 aliphatic carbocycles. The second kappa shape index (κ2) is 3.96. The maximum Gasteiger partial charge on any atom is 0.149 e. The van der Waals surface area contributed by atoms with Gasteiger partial charge in [-0.15, -0.1) is 11.3 Å². The van der Waals surface area contributed by atoms with E-state index in [1.807, 2.05) is 0 Å². The zero-order valence-corrected chi connectivity index (χ0v) is 9.42. The van der Waals surface area contributed by atoms with E-state index in [0.717, 1.165) is 11.1 Å². The van der Waals surface area contributed by atoms with E-state index in [4.69, 9.17) is 17.3 Å². The molecule has 0 aliphatic heterocycles. The van der Waals surface area contributed by atoms with Gasteiger partial charge in [-0.25, -0.2) is 8.42 Å². The number of hydrogen-bond donors (Lipinski definition) is 1. The van der Waals surface area contributed by atoms with Gasteiger partial charge in [0.2, 0.25) is 0 Å². The lowest BCUT2D eigenvalue weighted by Gasteiger charge is -2.07. The molecule has 2 N–H and O–H groups in total. The van der Waals surface area contributed by atoms with Crippen molar-refractivity contribution in [2.75, 3.05) is 12.0 Å². The van der Waals surface area contributed by atoms with Gasteiger partial charge < -0.3 is 5.73 Å². The van der Waals surface area contributed by atoms with Gasteiger partial charge in [0.15, 0.2) is 0 Å². The average molecular weight is 240 g/mol. The van der Waals surface area contributed by atoms with Gasteiger partial charge in [-0.1, -0.05) is 11.6 Å². The van der Waals surface area contributed by atoms with Crippen molar-refractivity contribution in [1.29, 1.82) is 0 Å². The number of hydrogen-bond acceptors (Lipinski definition) is 4. The lowest BCUT2D eigenvalue weighted by molar-refractivity contribution is 0.595. The molecule has 74 valence electrons. The topological polar surface area (TPSA) is 60.2 Å². The van der Waals surface area contributed by atoms with Crippen LogP contribution in [-0.2, 0) is 9.84 Å². The van der Waals surface area contributed by atoms with Crippen molar-refractivity contribution in [1.82, 2.24) is 0 Å². The first-order chi connectivity index (χ1) is 5.90. The minimum Gasteiger partial charge on any atom is -0.322 e. The maximum atomic E-state index is 10.9. The average Bonchev–Trinajstić information content (AvgIpc) is 2.30. The Kier molecular flexibility index (Phi) is 3.34. The Morgan fingerprint density at radius 2 is 2.31 bits per heavy atom. The highest BCUT2D eigenvalue weighted by atomic mass is 35.5. The highest BCUT2D eigenvalue weighted by Gasteiger charge is 2.16. The van der Waals surface area contributed by atoms with Gasteiger partial charge >= 0.3 is 0 Å². The van der Waals surface area contributed by atoms with E-state index in [1.54, 1.807) is 11.4 Å². The summed E-state index contributed by atoms with van der Waals surface area (Å²) in [5.74, 6) is -0.0623. The Morgan fingerprint density at radius 3 is 2.69 bits per heavy atom. The molecule has 1 aromatic rings. The Morgan fingerprint density at radius 1 is 1.69 bits per heavy atom. The molecule has 1 aromatic heterocycles. The quantitative estimate of drug-likeness (QED) is 0.869. The summed E-state index contributed by atoms with van der Waals surface area (Å²) < 4.78 is 21.9.